The van der Waals surface area contributed by atoms with Gasteiger partial charge in [0.15, 0.2) is 0 Å². The summed E-state index contributed by atoms with van der Waals surface area (Å²) in [4.78, 5) is 0. The predicted octanol–water partition coefficient (Wildman–Crippen LogP) is -1.02. The van der Waals surface area contributed by atoms with Crippen molar-refractivity contribution < 1.29 is 18.3 Å². The van der Waals surface area contributed by atoms with Crippen LogP contribution in [0.5, 0.6) is 0 Å². The summed E-state index contributed by atoms with van der Waals surface area (Å²) in [6, 6.07) is 10.2. The molecule has 0 saturated heterocycles. The van der Waals surface area contributed by atoms with Crippen molar-refractivity contribution in [2.75, 3.05) is 6.54 Å². The van der Waals surface area contributed by atoms with Gasteiger partial charge in [-0.1, -0.05) is 42.1 Å². The van der Waals surface area contributed by atoms with E-state index in [9.17, 15) is 0 Å². The molecular weight excluding hydrogens is 258 g/mol. The van der Waals surface area contributed by atoms with E-state index in [-0.39, 0.29) is 13.8 Å². The van der Waals surface area contributed by atoms with E-state index in [2.05, 4.69) is 22.3 Å². The third kappa shape index (κ3) is 4.38. The number of hydrogen-bond acceptors (Lipinski definition) is 5. The standard InChI is InChI=1S/C11H13N3OS.ClH/c12-7-6-10-13-14-11(15-10)16-8-9-4-2-1-3-5-9;/h1-5H,6-8,12H2;1H. The Kier molecular flexibility index (Phi) is 6.04. The molecule has 92 valence electrons. The normalized spacial score (nSPS) is 9.94. The first kappa shape index (κ1) is 14.0. The largest absolute Gasteiger partial charge is 1.00 e. The van der Waals surface area contributed by atoms with Gasteiger partial charge in [-0.25, -0.2) is 0 Å². The summed E-state index contributed by atoms with van der Waals surface area (Å²) in [5, 5.41) is 8.45. The summed E-state index contributed by atoms with van der Waals surface area (Å²) in [7, 11) is 0. The van der Waals surface area contributed by atoms with Gasteiger partial charge in [0.25, 0.3) is 5.22 Å². The first-order chi connectivity index (χ1) is 7.88. The first-order valence-corrected chi connectivity index (χ1v) is 6.06. The number of halogens is 1. The minimum atomic E-state index is 0. The Morgan fingerprint density at radius 1 is 1.24 bits per heavy atom. The van der Waals surface area contributed by atoms with E-state index in [0.717, 1.165) is 5.75 Å². The van der Waals surface area contributed by atoms with Gasteiger partial charge in [-0.15, -0.1) is 10.2 Å². The molecule has 0 unspecified atom stereocenters. The lowest BCUT2D eigenvalue weighted by atomic mass is 10.2. The zero-order valence-electron chi connectivity index (χ0n) is 10.2. The van der Waals surface area contributed by atoms with Crippen LogP contribution in [-0.4, -0.2) is 16.7 Å². The molecule has 0 amide bonds. The maximum atomic E-state index is 5.41. The number of rotatable bonds is 5. The Morgan fingerprint density at radius 2 is 2.00 bits per heavy atom. The first-order valence-electron chi connectivity index (χ1n) is 5.07. The second-order valence-electron chi connectivity index (χ2n) is 3.27. The molecule has 0 aliphatic rings. The zero-order chi connectivity index (χ0) is 11.2. The lowest BCUT2D eigenvalue weighted by molar-refractivity contribution is -0.00000409. The van der Waals surface area contributed by atoms with E-state index in [1.165, 1.54) is 17.3 Å². The van der Waals surface area contributed by atoms with Gasteiger partial charge in [-0.2, -0.15) is 0 Å². The molecule has 1 heterocycles. The third-order valence-corrected chi connectivity index (χ3v) is 2.90. The van der Waals surface area contributed by atoms with Crippen molar-refractivity contribution in [1.29, 1.82) is 0 Å². The molecule has 2 N–H and O–H groups in total. The van der Waals surface area contributed by atoms with Crippen LogP contribution in [0, 0.1) is 0 Å². The van der Waals surface area contributed by atoms with Crippen LogP contribution in [0.15, 0.2) is 40.0 Å². The van der Waals surface area contributed by atoms with Crippen molar-refractivity contribution >= 4 is 11.8 Å². The van der Waals surface area contributed by atoms with E-state index in [0.29, 0.717) is 24.1 Å². The molecule has 6 heteroatoms. The Morgan fingerprint density at radius 3 is 2.71 bits per heavy atom. The SMILES string of the molecule is NCCc1nnc(SCc2ccccc2)o1.[Cl-].[H+]. The molecule has 2 aromatic rings. The molecule has 0 atom stereocenters. The fourth-order valence-corrected chi connectivity index (χ4v) is 1.98. The molecule has 17 heavy (non-hydrogen) atoms. The summed E-state index contributed by atoms with van der Waals surface area (Å²) >= 11 is 1.54. The quantitative estimate of drug-likeness (QED) is 0.706. The Hall–Kier alpha value is -1.04. The molecule has 0 spiro atoms. The lowest BCUT2D eigenvalue weighted by Crippen LogP contribution is -3.00. The molecule has 0 fully saturated rings. The van der Waals surface area contributed by atoms with Crippen LogP contribution in [0.25, 0.3) is 0 Å². The van der Waals surface area contributed by atoms with Gasteiger partial charge in [0.05, 0.1) is 0 Å². The van der Waals surface area contributed by atoms with Crippen LogP contribution < -0.4 is 18.1 Å². The number of thioether (sulfide) groups is 1. The van der Waals surface area contributed by atoms with Gasteiger partial charge in [0.1, 0.15) is 0 Å². The summed E-state index contributed by atoms with van der Waals surface area (Å²) in [5.41, 5.74) is 6.64. The van der Waals surface area contributed by atoms with E-state index >= 15 is 0 Å². The van der Waals surface area contributed by atoms with Crippen LogP contribution in [0.2, 0.25) is 0 Å². The Bertz CT molecular complexity index is 441. The van der Waals surface area contributed by atoms with Crippen molar-refractivity contribution in [1.82, 2.24) is 10.2 Å². The number of nitrogens with zero attached hydrogens (tertiary/aromatic N) is 2. The molecule has 0 aliphatic heterocycles. The lowest BCUT2D eigenvalue weighted by Gasteiger charge is -1.96. The molecule has 1 aromatic carbocycles. The van der Waals surface area contributed by atoms with E-state index in [1.54, 1.807) is 0 Å². The molecule has 4 nitrogen and oxygen atoms in total. The maximum Gasteiger partial charge on any atom is 1.00 e. The van der Waals surface area contributed by atoms with Gasteiger partial charge in [0.2, 0.25) is 5.89 Å². The van der Waals surface area contributed by atoms with Crippen LogP contribution in [0.1, 0.15) is 12.9 Å². The summed E-state index contributed by atoms with van der Waals surface area (Å²) < 4.78 is 5.41. The fourth-order valence-electron chi connectivity index (χ4n) is 1.24. The van der Waals surface area contributed by atoms with E-state index in [4.69, 9.17) is 10.2 Å². The number of nitrogens with two attached hydrogens (primary N) is 1. The molecular formula is C11H14ClN3OS. The predicted molar refractivity (Wildman–Crippen MR) is 64.2 cm³/mol. The summed E-state index contributed by atoms with van der Waals surface area (Å²) in [6.45, 7) is 0.533. The van der Waals surface area contributed by atoms with Crippen LogP contribution in [0.3, 0.4) is 0 Å². The van der Waals surface area contributed by atoms with Crippen LogP contribution in [-0.2, 0) is 12.2 Å². The van der Waals surface area contributed by atoms with Gasteiger partial charge >= 0.3 is 1.43 Å². The average Bonchev–Trinajstić information content (AvgIpc) is 2.76. The van der Waals surface area contributed by atoms with Crippen molar-refractivity contribution in [3.63, 3.8) is 0 Å². The highest BCUT2D eigenvalue weighted by Crippen LogP contribution is 2.21. The van der Waals surface area contributed by atoms with Crippen LogP contribution >= 0.6 is 11.8 Å². The Balaban J connectivity index is 0.00000144. The maximum absolute atomic E-state index is 5.41. The van der Waals surface area contributed by atoms with Crippen molar-refractivity contribution in [3.8, 4) is 0 Å². The number of benzene rings is 1. The second kappa shape index (κ2) is 7.32. The molecule has 2 rings (SSSR count). The highest BCUT2D eigenvalue weighted by molar-refractivity contribution is 7.98. The smallest absolute Gasteiger partial charge is 1.00 e. The van der Waals surface area contributed by atoms with E-state index < -0.39 is 0 Å². The third-order valence-electron chi connectivity index (χ3n) is 2.01. The number of hydrogen-bond donors (Lipinski definition) is 1. The molecule has 0 saturated carbocycles. The zero-order valence-corrected chi connectivity index (χ0v) is 10.7. The molecule has 1 aromatic heterocycles. The summed E-state index contributed by atoms with van der Waals surface area (Å²) in [5.74, 6) is 1.45. The molecule has 0 bridgehead atoms. The summed E-state index contributed by atoms with van der Waals surface area (Å²) in [6.07, 6.45) is 0.638. The van der Waals surface area contributed by atoms with Gasteiger partial charge < -0.3 is 22.6 Å². The Labute approximate surface area is 112 Å². The highest BCUT2D eigenvalue weighted by Gasteiger charge is 2.05. The number of aromatic nitrogens is 2. The van der Waals surface area contributed by atoms with Crippen molar-refractivity contribution in [2.45, 2.75) is 17.4 Å². The second-order valence-corrected chi connectivity index (χ2v) is 4.20. The minimum absolute atomic E-state index is 0. The molecule has 0 aliphatic carbocycles. The van der Waals surface area contributed by atoms with Gasteiger partial charge in [-0.3, -0.25) is 0 Å². The van der Waals surface area contributed by atoms with Gasteiger partial charge in [-0.05, 0) is 5.56 Å². The van der Waals surface area contributed by atoms with Gasteiger partial charge in [0, 0.05) is 18.7 Å². The van der Waals surface area contributed by atoms with E-state index in [1.807, 2.05) is 18.2 Å². The van der Waals surface area contributed by atoms with Crippen LogP contribution in [0.4, 0.5) is 0 Å². The van der Waals surface area contributed by atoms with Crippen molar-refractivity contribution in [2.24, 2.45) is 5.73 Å². The topological polar surface area (TPSA) is 64.9 Å². The molecule has 0 radical (unpaired) electrons. The average molecular weight is 272 g/mol. The monoisotopic (exact) mass is 271 g/mol. The minimum Gasteiger partial charge on any atom is -1.00 e. The van der Waals surface area contributed by atoms with Crippen molar-refractivity contribution in [3.05, 3.63) is 41.8 Å². The highest BCUT2D eigenvalue weighted by atomic mass is 35.5. The fraction of sp³-hybridized carbons (Fsp3) is 0.273.